The molecule has 26 heavy (non-hydrogen) atoms. The quantitative estimate of drug-likeness (QED) is 0.885. The van der Waals surface area contributed by atoms with Crippen molar-refractivity contribution in [3.05, 3.63) is 34.6 Å². The first-order valence-electron chi connectivity index (χ1n) is 9.40. The van der Waals surface area contributed by atoms with Gasteiger partial charge in [-0.25, -0.2) is 9.97 Å². The first-order chi connectivity index (χ1) is 12.6. The monoisotopic (exact) mass is 355 g/mol. The summed E-state index contributed by atoms with van der Waals surface area (Å²) in [5.41, 5.74) is 4.38. The molecule has 1 N–H and O–H groups in total. The summed E-state index contributed by atoms with van der Waals surface area (Å²) in [6, 6.07) is 0.262. The standard InChI is InChI=1S/C19H25N5O2/c1-12-15(13(2)26-23-12)6-7-18(25)24-9-8-14(10-24)22-19-16-4-3-5-17(16)20-11-21-19/h11,14H,3-10H2,1-2H3,(H,20,21,22)/t14-/m0/s1. The van der Waals surface area contributed by atoms with Crippen LogP contribution in [0, 0.1) is 13.8 Å². The number of aryl methyl sites for hydroxylation is 3. The van der Waals surface area contributed by atoms with E-state index in [0.717, 1.165) is 61.6 Å². The van der Waals surface area contributed by atoms with Crippen LogP contribution in [-0.4, -0.2) is 45.1 Å². The summed E-state index contributed by atoms with van der Waals surface area (Å²) in [6.07, 6.45) is 7.03. The third-order valence-electron chi connectivity index (χ3n) is 5.53. The van der Waals surface area contributed by atoms with Gasteiger partial charge in [-0.1, -0.05) is 5.16 Å². The van der Waals surface area contributed by atoms with Gasteiger partial charge in [0.05, 0.1) is 5.69 Å². The van der Waals surface area contributed by atoms with Crippen LogP contribution < -0.4 is 5.32 Å². The average molecular weight is 355 g/mol. The Kier molecular flexibility index (Phi) is 4.61. The lowest BCUT2D eigenvalue weighted by molar-refractivity contribution is -0.130. The van der Waals surface area contributed by atoms with Crippen LogP contribution in [-0.2, 0) is 24.1 Å². The van der Waals surface area contributed by atoms with E-state index < -0.39 is 0 Å². The molecular weight excluding hydrogens is 330 g/mol. The smallest absolute Gasteiger partial charge is 0.222 e. The number of rotatable bonds is 5. The molecule has 0 aromatic carbocycles. The Bertz CT molecular complexity index is 797. The summed E-state index contributed by atoms with van der Waals surface area (Å²) in [6.45, 7) is 5.35. The van der Waals surface area contributed by atoms with Crippen LogP contribution in [0.15, 0.2) is 10.9 Å². The van der Waals surface area contributed by atoms with Crippen molar-refractivity contribution in [1.29, 1.82) is 0 Å². The third kappa shape index (κ3) is 3.30. The Morgan fingerprint density at radius 3 is 3.04 bits per heavy atom. The lowest BCUT2D eigenvalue weighted by Gasteiger charge is -2.18. The van der Waals surface area contributed by atoms with Crippen molar-refractivity contribution in [2.45, 2.75) is 58.4 Å². The Hall–Kier alpha value is -2.44. The van der Waals surface area contributed by atoms with Crippen molar-refractivity contribution < 1.29 is 9.32 Å². The molecule has 7 heteroatoms. The number of hydrogen-bond donors (Lipinski definition) is 1. The highest BCUT2D eigenvalue weighted by atomic mass is 16.5. The number of fused-ring (bicyclic) bond motifs is 1. The van der Waals surface area contributed by atoms with Crippen LogP contribution in [0.5, 0.6) is 0 Å². The fraction of sp³-hybridized carbons (Fsp3) is 0.579. The molecule has 0 saturated carbocycles. The minimum Gasteiger partial charge on any atom is -0.365 e. The SMILES string of the molecule is Cc1noc(C)c1CCC(=O)N1CC[C@H](Nc2ncnc3c2CCC3)C1. The Morgan fingerprint density at radius 2 is 2.23 bits per heavy atom. The molecule has 4 rings (SSSR count). The molecule has 2 aromatic rings. The molecule has 1 aliphatic heterocycles. The molecular formula is C19H25N5O2. The number of carbonyl (C=O) groups excluding carboxylic acids is 1. The van der Waals surface area contributed by atoms with E-state index in [2.05, 4.69) is 20.4 Å². The minimum absolute atomic E-state index is 0.196. The van der Waals surface area contributed by atoms with Gasteiger partial charge in [0, 0.05) is 42.4 Å². The summed E-state index contributed by atoms with van der Waals surface area (Å²) in [5, 5.41) is 7.50. The molecule has 1 atom stereocenters. The van der Waals surface area contributed by atoms with Crippen LogP contribution in [0.3, 0.4) is 0 Å². The van der Waals surface area contributed by atoms with Crippen LogP contribution in [0.1, 0.15) is 47.5 Å². The summed E-state index contributed by atoms with van der Waals surface area (Å²) >= 11 is 0. The molecule has 1 aliphatic carbocycles. The van der Waals surface area contributed by atoms with E-state index in [1.165, 1.54) is 11.3 Å². The molecule has 1 fully saturated rings. The zero-order chi connectivity index (χ0) is 18.1. The largest absolute Gasteiger partial charge is 0.365 e. The van der Waals surface area contributed by atoms with Crippen LogP contribution >= 0.6 is 0 Å². The van der Waals surface area contributed by atoms with Crippen molar-refractivity contribution in [2.75, 3.05) is 18.4 Å². The number of nitrogens with one attached hydrogen (secondary N) is 1. The van der Waals surface area contributed by atoms with Gasteiger partial charge in [0.25, 0.3) is 0 Å². The second-order valence-electron chi connectivity index (χ2n) is 7.27. The Labute approximate surface area is 153 Å². The van der Waals surface area contributed by atoms with Crippen molar-refractivity contribution in [2.24, 2.45) is 0 Å². The second-order valence-corrected chi connectivity index (χ2v) is 7.27. The maximum absolute atomic E-state index is 12.6. The Balaban J connectivity index is 1.32. The van der Waals surface area contributed by atoms with Gasteiger partial charge in [-0.05, 0) is 46.0 Å². The molecule has 138 valence electrons. The summed E-state index contributed by atoms with van der Waals surface area (Å²) in [4.78, 5) is 23.3. The highest BCUT2D eigenvalue weighted by Gasteiger charge is 2.28. The maximum Gasteiger partial charge on any atom is 0.222 e. The predicted molar refractivity (Wildman–Crippen MR) is 97.0 cm³/mol. The highest BCUT2D eigenvalue weighted by Crippen LogP contribution is 2.27. The fourth-order valence-electron chi connectivity index (χ4n) is 4.03. The van der Waals surface area contributed by atoms with Crippen molar-refractivity contribution in [3.63, 3.8) is 0 Å². The average Bonchev–Trinajstić information content (AvgIpc) is 3.35. The molecule has 0 unspecified atom stereocenters. The molecule has 2 aromatic heterocycles. The van der Waals surface area contributed by atoms with Gasteiger partial charge in [0.1, 0.15) is 17.9 Å². The summed E-state index contributed by atoms with van der Waals surface area (Å²) < 4.78 is 5.18. The van der Waals surface area contributed by atoms with Crippen molar-refractivity contribution in [1.82, 2.24) is 20.0 Å². The molecule has 2 aliphatic rings. The molecule has 1 amide bonds. The van der Waals surface area contributed by atoms with Gasteiger partial charge in [-0.2, -0.15) is 0 Å². The first kappa shape index (κ1) is 17.0. The first-order valence-corrected chi connectivity index (χ1v) is 9.40. The van der Waals surface area contributed by atoms with Gasteiger partial charge in [-0.15, -0.1) is 0 Å². The van der Waals surface area contributed by atoms with Crippen LogP contribution in [0.2, 0.25) is 0 Å². The summed E-state index contributed by atoms with van der Waals surface area (Å²) in [5.74, 6) is 1.97. The minimum atomic E-state index is 0.196. The van der Waals surface area contributed by atoms with E-state index in [9.17, 15) is 4.79 Å². The van der Waals surface area contributed by atoms with Crippen LogP contribution in [0.4, 0.5) is 5.82 Å². The molecule has 0 bridgehead atoms. The number of aromatic nitrogens is 3. The lowest BCUT2D eigenvalue weighted by atomic mass is 10.1. The molecule has 7 nitrogen and oxygen atoms in total. The van der Waals surface area contributed by atoms with E-state index >= 15 is 0 Å². The van der Waals surface area contributed by atoms with Gasteiger partial charge >= 0.3 is 0 Å². The van der Waals surface area contributed by atoms with Crippen molar-refractivity contribution in [3.8, 4) is 0 Å². The number of amides is 1. The normalized spacial score (nSPS) is 19.0. The highest BCUT2D eigenvalue weighted by molar-refractivity contribution is 5.77. The zero-order valence-electron chi connectivity index (χ0n) is 15.4. The predicted octanol–water partition coefficient (Wildman–Crippen LogP) is 2.22. The number of likely N-dealkylation sites (tertiary alicyclic amines) is 1. The number of carbonyl (C=O) groups is 1. The van der Waals surface area contributed by atoms with Gasteiger partial charge in [-0.3, -0.25) is 4.79 Å². The molecule has 0 spiro atoms. The Morgan fingerprint density at radius 1 is 1.35 bits per heavy atom. The van der Waals surface area contributed by atoms with E-state index in [0.29, 0.717) is 12.8 Å². The fourth-order valence-corrected chi connectivity index (χ4v) is 4.03. The number of anilines is 1. The third-order valence-corrected chi connectivity index (χ3v) is 5.53. The molecule has 1 saturated heterocycles. The maximum atomic E-state index is 12.6. The van der Waals surface area contributed by atoms with Gasteiger partial charge < -0.3 is 14.7 Å². The van der Waals surface area contributed by atoms with E-state index in [4.69, 9.17) is 4.52 Å². The van der Waals surface area contributed by atoms with E-state index in [-0.39, 0.29) is 11.9 Å². The number of nitrogens with zero attached hydrogens (tertiary/aromatic N) is 4. The topological polar surface area (TPSA) is 84.2 Å². The summed E-state index contributed by atoms with van der Waals surface area (Å²) in [7, 11) is 0. The lowest BCUT2D eigenvalue weighted by Crippen LogP contribution is -2.32. The second kappa shape index (κ2) is 7.05. The number of hydrogen-bond acceptors (Lipinski definition) is 6. The zero-order valence-corrected chi connectivity index (χ0v) is 15.4. The molecule has 3 heterocycles. The molecule has 0 radical (unpaired) electrons. The van der Waals surface area contributed by atoms with E-state index in [1.54, 1.807) is 6.33 Å². The van der Waals surface area contributed by atoms with E-state index in [1.807, 2.05) is 18.7 Å². The van der Waals surface area contributed by atoms with Gasteiger partial charge in [0.15, 0.2) is 0 Å². The van der Waals surface area contributed by atoms with Crippen molar-refractivity contribution >= 4 is 11.7 Å². The van der Waals surface area contributed by atoms with Crippen LogP contribution in [0.25, 0.3) is 0 Å². The van der Waals surface area contributed by atoms with Gasteiger partial charge in [0.2, 0.25) is 5.91 Å².